The molecule has 1 unspecified atom stereocenters. The van der Waals surface area contributed by atoms with Gasteiger partial charge in [0, 0.05) is 38.6 Å². The molecule has 1 atom stereocenters. The Morgan fingerprint density at radius 3 is 2.79 bits per heavy atom. The van der Waals surface area contributed by atoms with Gasteiger partial charge in [-0.05, 0) is 12.1 Å². The minimum absolute atomic E-state index is 0.0432. The number of pyridine rings is 1. The number of nitrogens with two attached hydrogens (primary N) is 1. The van der Waals surface area contributed by atoms with Crippen LogP contribution in [0.15, 0.2) is 29.4 Å². The Labute approximate surface area is 140 Å². The van der Waals surface area contributed by atoms with Crippen molar-refractivity contribution in [1.29, 1.82) is 0 Å². The van der Waals surface area contributed by atoms with Crippen LogP contribution in [-0.4, -0.2) is 70.0 Å². The first kappa shape index (κ1) is 18.7. The molecule has 24 heavy (non-hydrogen) atoms. The number of hydrogen-bond donors (Lipinski definition) is 3. The Morgan fingerprint density at radius 1 is 1.42 bits per heavy atom. The van der Waals surface area contributed by atoms with Crippen molar-refractivity contribution in [2.24, 2.45) is 5.73 Å². The predicted molar refractivity (Wildman–Crippen MR) is 85.8 cm³/mol. The Morgan fingerprint density at radius 2 is 2.17 bits per heavy atom. The Bertz CT molecular complexity index is 781. The first-order valence-electron chi connectivity index (χ1n) is 7.12. The molecule has 1 amide bonds. The van der Waals surface area contributed by atoms with Crippen LogP contribution >= 0.6 is 0 Å². The maximum atomic E-state index is 12.3. The van der Waals surface area contributed by atoms with E-state index in [1.54, 1.807) is 0 Å². The largest absolute Gasteiger partial charge is 0.368 e. The zero-order valence-electron chi connectivity index (χ0n) is 12.8. The summed E-state index contributed by atoms with van der Waals surface area (Å²) in [6, 6.07) is 2.08. The zero-order valence-corrected chi connectivity index (χ0v) is 14.4. The summed E-state index contributed by atoms with van der Waals surface area (Å²) in [5, 5.41) is 2.82. The molecule has 12 heteroatoms. The van der Waals surface area contributed by atoms with Gasteiger partial charge in [-0.3, -0.25) is 9.78 Å². The van der Waals surface area contributed by atoms with Gasteiger partial charge >= 0.3 is 0 Å². The third kappa shape index (κ3) is 4.70. The maximum Gasteiger partial charge on any atom is 0.242 e. The van der Waals surface area contributed by atoms with Crippen LogP contribution in [0.2, 0.25) is 0 Å². The third-order valence-corrected chi connectivity index (χ3v) is 6.76. The lowest BCUT2D eigenvalue weighted by Crippen LogP contribution is -2.58. The van der Waals surface area contributed by atoms with Crippen molar-refractivity contribution < 1.29 is 21.6 Å². The van der Waals surface area contributed by atoms with E-state index in [9.17, 15) is 21.6 Å². The van der Waals surface area contributed by atoms with Gasteiger partial charge in [-0.15, -0.1) is 0 Å². The molecule has 1 aliphatic heterocycles. The van der Waals surface area contributed by atoms with E-state index < -0.39 is 37.7 Å². The molecule has 0 bridgehead atoms. The van der Waals surface area contributed by atoms with Crippen molar-refractivity contribution >= 4 is 26.0 Å². The molecule has 4 N–H and O–H groups in total. The predicted octanol–water partition coefficient (Wildman–Crippen LogP) is -2.55. The van der Waals surface area contributed by atoms with E-state index in [4.69, 9.17) is 5.73 Å². The average molecular weight is 377 g/mol. The Hall–Kier alpha value is -1.60. The van der Waals surface area contributed by atoms with Gasteiger partial charge in [0.1, 0.15) is 10.9 Å². The van der Waals surface area contributed by atoms with Gasteiger partial charge in [0.05, 0.1) is 5.75 Å². The number of amides is 1. The minimum atomic E-state index is -3.82. The second kappa shape index (κ2) is 7.53. The molecule has 0 radical (unpaired) electrons. The van der Waals surface area contributed by atoms with Crippen molar-refractivity contribution in [2.45, 2.75) is 10.9 Å². The summed E-state index contributed by atoms with van der Waals surface area (Å²) in [4.78, 5) is 14.8. The van der Waals surface area contributed by atoms with Crippen LogP contribution in [0.3, 0.4) is 0 Å². The summed E-state index contributed by atoms with van der Waals surface area (Å²) in [5.74, 6) is -1.05. The fraction of sp³-hybridized carbons (Fsp3) is 0.500. The van der Waals surface area contributed by atoms with Gasteiger partial charge in [-0.2, -0.15) is 4.31 Å². The van der Waals surface area contributed by atoms with E-state index in [-0.39, 0.29) is 24.5 Å². The van der Waals surface area contributed by atoms with E-state index in [0.717, 1.165) is 4.31 Å². The summed E-state index contributed by atoms with van der Waals surface area (Å²) in [6.45, 7) is 0.146. The highest BCUT2D eigenvalue weighted by Gasteiger charge is 2.31. The second-order valence-corrected chi connectivity index (χ2v) is 9.03. The van der Waals surface area contributed by atoms with Crippen LogP contribution in [0.5, 0.6) is 0 Å². The van der Waals surface area contributed by atoms with Crippen LogP contribution in [0, 0.1) is 0 Å². The van der Waals surface area contributed by atoms with Gasteiger partial charge in [0.15, 0.2) is 0 Å². The number of carbonyl (C=O) groups excluding carboxylic acids is 1. The normalized spacial score (nSPS) is 19.9. The molecule has 0 saturated carbocycles. The van der Waals surface area contributed by atoms with Gasteiger partial charge in [0.2, 0.25) is 26.0 Å². The molecular weight excluding hydrogens is 358 g/mol. The minimum Gasteiger partial charge on any atom is -0.368 e. The summed E-state index contributed by atoms with van der Waals surface area (Å²) >= 11 is 0. The smallest absolute Gasteiger partial charge is 0.242 e. The lowest BCUT2D eigenvalue weighted by Gasteiger charge is -2.31. The molecule has 134 valence electrons. The lowest BCUT2D eigenvalue weighted by atomic mass is 10.2. The molecule has 0 aromatic carbocycles. The van der Waals surface area contributed by atoms with E-state index in [0.29, 0.717) is 6.54 Å². The van der Waals surface area contributed by atoms with Gasteiger partial charge < -0.3 is 11.1 Å². The van der Waals surface area contributed by atoms with E-state index >= 15 is 0 Å². The summed E-state index contributed by atoms with van der Waals surface area (Å²) in [6.07, 6.45) is 2.60. The Balaban J connectivity index is 1.94. The first-order chi connectivity index (χ1) is 11.2. The highest BCUT2D eigenvalue weighted by molar-refractivity contribution is 7.90. The fourth-order valence-electron chi connectivity index (χ4n) is 2.19. The van der Waals surface area contributed by atoms with Crippen LogP contribution in [0.4, 0.5) is 0 Å². The summed E-state index contributed by atoms with van der Waals surface area (Å²) < 4.78 is 51.9. The van der Waals surface area contributed by atoms with Crippen molar-refractivity contribution in [3.05, 3.63) is 24.5 Å². The number of nitrogens with one attached hydrogen (secondary N) is 2. The molecule has 1 saturated heterocycles. The SMILES string of the molecule is NC(=O)C1CN(S(=O)(=O)CCNS(=O)(=O)c2cccnc2)CCN1. The number of piperazine rings is 1. The topological polar surface area (TPSA) is 152 Å². The molecule has 1 aromatic rings. The number of nitrogens with zero attached hydrogens (tertiary/aromatic N) is 2. The standard InChI is InChI=1S/C12H19N5O5S2/c13-12(18)11-9-17(6-4-15-11)23(19,20)7-5-16-24(21,22)10-2-1-3-14-8-10/h1-3,8,11,15-16H,4-7,9H2,(H2,13,18). The molecule has 1 fully saturated rings. The van der Waals surface area contributed by atoms with Crippen LogP contribution in [0.25, 0.3) is 0 Å². The highest BCUT2D eigenvalue weighted by Crippen LogP contribution is 2.08. The fourth-order valence-corrected chi connectivity index (χ4v) is 4.68. The average Bonchev–Trinajstić information content (AvgIpc) is 2.55. The van der Waals surface area contributed by atoms with Crippen LogP contribution in [0.1, 0.15) is 0 Å². The van der Waals surface area contributed by atoms with E-state index in [2.05, 4.69) is 15.0 Å². The zero-order chi connectivity index (χ0) is 17.8. The first-order valence-corrected chi connectivity index (χ1v) is 10.2. The van der Waals surface area contributed by atoms with E-state index in [1.165, 1.54) is 24.5 Å². The second-order valence-electron chi connectivity index (χ2n) is 5.17. The number of hydrogen-bond acceptors (Lipinski definition) is 7. The Kier molecular flexibility index (Phi) is 5.87. The molecule has 1 aromatic heterocycles. The molecular formula is C12H19N5O5S2. The lowest BCUT2D eigenvalue weighted by molar-refractivity contribution is -0.120. The van der Waals surface area contributed by atoms with Crippen molar-refractivity contribution in [3.8, 4) is 0 Å². The number of primary amides is 1. The number of rotatable bonds is 7. The molecule has 2 heterocycles. The quantitative estimate of drug-likeness (QED) is 0.473. The molecule has 10 nitrogen and oxygen atoms in total. The van der Waals surface area contributed by atoms with Crippen molar-refractivity contribution in [3.63, 3.8) is 0 Å². The van der Waals surface area contributed by atoms with Crippen molar-refractivity contribution in [1.82, 2.24) is 19.3 Å². The highest BCUT2D eigenvalue weighted by atomic mass is 32.2. The molecule has 2 rings (SSSR count). The molecule has 0 spiro atoms. The van der Waals surface area contributed by atoms with Gasteiger partial charge in [0.25, 0.3) is 0 Å². The number of aromatic nitrogens is 1. The van der Waals surface area contributed by atoms with Crippen LogP contribution in [-0.2, 0) is 24.8 Å². The number of carbonyl (C=O) groups is 1. The van der Waals surface area contributed by atoms with Gasteiger partial charge in [-0.25, -0.2) is 21.6 Å². The summed E-state index contributed by atoms with van der Waals surface area (Å²) in [5.41, 5.74) is 5.17. The number of sulfonamides is 2. The molecule has 0 aliphatic carbocycles. The van der Waals surface area contributed by atoms with Crippen LogP contribution < -0.4 is 15.8 Å². The van der Waals surface area contributed by atoms with E-state index in [1.807, 2.05) is 0 Å². The third-order valence-electron chi connectivity index (χ3n) is 3.47. The van der Waals surface area contributed by atoms with Gasteiger partial charge in [-0.1, -0.05) is 0 Å². The monoisotopic (exact) mass is 377 g/mol. The maximum absolute atomic E-state index is 12.3. The summed E-state index contributed by atoms with van der Waals surface area (Å²) in [7, 11) is -7.53. The molecule has 1 aliphatic rings. The van der Waals surface area contributed by atoms with Crippen molar-refractivity contribution in [2.75, 3.05) is 31.9 Å².